The topological polar surface area (TPSA) is 70.9 Å². The molecule has 0 aromatic carbocycles. The van der Waals surface area contributed by atoms with Crippen LogP contribution >= 0.6 is 0 Å². The van der Waals surface area contributed by atoms with Crippen LogP contribution in [-0.2, 0) is 6.54 Å². The van der Waals surface area contributed by atoms with Crippen molar-refractivity contribution in [2.24, 2.45) is 0 Å². The number of aromatic nitrogens is 2. The average molecular weight is 191 g/mol. The molecule has 2 rings (SSSR count). The highest BCUT2D eigenvalue weighted by Gasteiger charge is 2.06. The molecule has 5 heteroatoms. The van der Waals surface area contributed by atoms with Gasteiger partial charge in [-0.25, -0.2) is 0 Å². The second-order valence-corrected chi connectivity index (χ2v) is 2.73. The van der Waals surface area contributed by atoms with Crippen molar-refractivity contribution in [3.63, 3.8) is 0 Å². The summed E-state index contributed by atoms with van der Waals surface area (Å²) in [5.41, 5.74) is 0.441. The first-order valence-electron chi connectivity index (χ1n) is 4.16. The molecule has 0 aliphatic heterocycles. The van der Waals surface area contributed by atoms with E-state index >= 15 is 0 Å². The molecule has 0 saturated heterocycles. The fraction of sp³-hybridized carbons (Fsp3) is 0.111. The second kappa shape index (κ2) is 3.78. The SMILES string of the molecule is O=C(NCc1ccco1)c1ccn[nH]1. The number of hydrogen-bond donors (Lipinski definition) is 2. The van der Waals surface area contributed by atoms with Crippen LogP contribution < -0.4 is 5.32 Å². The summed E-state index contributed by atoms with van der Waals surface area (Å²) in [5.74, 6) is 0.525. The molecule has 14 heavy (non-hydrogen) atoms. The first kappa shape index (κ1) is 8.55. The number of hydrogen-bond acceptors (Lipinski definition) is 3. The minimum Gasteiger partial charge on any atom is -0.467 e. The minimum absolute atomic E-state index is 0.195. The van der Waals surface area contributed by atoms with Gasteiger partial charge in [-0.15, -0.1) is 0 Å². The maximum absolute atomic E-state index is 11.4. The zero-order valence-corrected chi connectivity index (χ0v) is 7.36. The third kappa shape index (κ3) is 1.82. The van der Waals surface area contributed by atoms with E-state index in [0.29, 0.717) is 12.2 Å². The number of carbonyl (C=O) groups is 1. The molecule has 0 radical (unpaired) electrons. The van der Waals surface area contributed by atoms with Gasteiger partial charge >= 0.3 is 0 Å². The Morgan fingerprint density at radius 2 is 2.50 bits per heavy atom. The lowest BCUT2D eigenvalue weighted by Crippen LogP contribution is -2.22. The molecule has 0 unspecified atom stereocenters. The third-order valence-corrected chi connectivity index (χ3v) is 1.75. The van der Waals surface area contributed by atoms with Crippen LogP contribution in [-0.4, -0.2) is 16.1 Å². The van der Waals surface area contributed by atoms with E-state index in [1.54, 1.807) is 24.5 Å². The summed E-state index contributed by atoms with van der Waals surface area (Å²) in [4.78, 5) is 11.4. The second-order valence-electron chi connectivity index (χ2n) is 2.73. The molecule has 5 nitrogen and oxygen atoms in total. The maximum atomic E-state index is 11.4. The largest absolute Gasteiger partial charge is 0.467 e. The number of carbonyl (C=O) groups excluding carboxylic acids is 1. The van der Waals surface area contributed by atoms with Gasteiger partial charge in [0.15, 0.2) is 0 Å². The molecular weight excluding hydrogens is 182 g/mol. The van der Waals surface area contributed by atoms with E-state index in [-0.39, 0.29) is 5.91 Å². The van der Waals surface area contributed by atoms with Crippen molar-refractivity contribution in [3.8, 4) is 0 Å². The molecule has 2 aromatic heterocycles. The van der Waals surface area contributed by atoms with Crippen molar-refractivity contribution in [2.45, 2.75) is 6.54 Å². The quantitative estimate of drug-likeness (QED) is 0.758. The molecule has 2 heterocycles. The molecule has 2 aromatic rings. The fourth-order valence-corrected chi connectivity index (χ4v) is 1.06. The van der Waals surface area contributed by atoms with Crippen molar-refractivity contribution in [3.05, 3.63) is 42.1 Å². The number of H-pyrrole nitrogens is 1. The van der Waals surface area contributed by atoms with E-state index in [9.17, 15) is 4.79 Å². The normalized spacial score (nSPS) is 10.0. The van der Waals surface area contributed by atoms with Crippen molar-refractivity contribution < 1.29 is 9.21 Å². The van der Waals surface area contributed by atoms with Gasteiger partial charge in [-0.3, -0.25) is 9.89 Å². The number of nitrogens with zero attached hydrogens (tertiary/aromatic N) is 1. The fourth-order valence-electron chi connectivity index (χ4n) is 1.06. The van der Waals surface area contributed by atoms with Gasteiger partial charge in [0.1, 0.15) is 11.5 Å². The molecule has 0 saturated carbocycles. The number of aromatic amines is 1. The lowest BCUT2D eigenvalue weighted by Gasteiger charge is -1.99. The van der Waals surface area contributed by atoms with E-state index in [1.165, 1.54) is 6.20 Å². The predicted octanol–water partition coefficient (Wildman–Crippen LogP) is 0.933. The van der Waals surface area contributed by atoms with E-state index < -0.39 is 0 Å². The van der Waals surface area contributed by atoms with Gasteiger partial charge < -0.3 is 9.73 Å². The minimum atomic E-state index is -0.195. The Balaban J connectivity index is 1.90. The third-order valence-electron chi connectivity index (χ3n) is 1.75. The first-order chi connectivity index (χ1) is 6.86. The highest BCUT2D eigenvalue weighted by molar-refractivity contribution is 5.91. The Bertz CT molecular complexity index is 392. The summed E-state index contributed by atoms with van der Waals surface area (Å²) in [5, 5.41) is 8.94. The van der Waals surface area contributed by atoms with Crippen LogP contribution in [0.2, 0.25) is 0 Å². The summed E-state index contributed by atoms with van der Waals surface area (Å²) in [6, 6.07) is 5.18. The Kier molecular flexibility index (Phi) is 2.31. The molecule has 0 aliphatic rings. The van der Waals surface area contributed by atoms with Gasteiger partial charge in [0, 0.05) is 6.20 Å². The van der Waals surface area contributed by atoms with Gasteiger partial charge in [-0.05, 0) is 18.2 Å². The first-order valence-corrected chi connectivity index (χ1v) is 4.16. The van der Waals surface area contributed by atoms with Gasteiger partial charge in [0.2, 0.25) is 0 Å². The van der Waals surface area contributed by atoms with Crippen molar-refractivity contribution >= 4 is 5.91 Å². The Morgan fingerprint density at radius 3 is 3.14 bits per heavy atom. The molecule has 0 spiro atoms. The molecule has 1 amide bonds. The smallest absolute Gasteiger partial charge is 0.269 e. The van der Waals surface area contributed by atoms with E-state index in [1.807, 2.05) is 0 Å². The molecule has 72 valence electrons. The van der Waals surface area contributed by atoms with E-state index in [4.69, 9.17) is 4.42 Å². The number of rotatable bonds is 3. The van der Waals surface area contributed by atoms with Crippen molar-refractivity contribution in [1.29, 1.82) is 0 Å². The zero-order chi connectivity index (χ0) is 9.80. The van der Waals surface area contributed by atoms with Gasteiger partial charge in [0.25, 0.3) is 5.91 Å². The molecule has 2 N–H and O–H groups in total. The van der Waals surface area contributed by atoms with Crippen molar-refractivity contribution in [1.82, 2.24) is 15.5 Å². The molecule has 0 aliphatic carbocycles. The number of amides is 1. The van der Waals surface area contributed by atoms with Gasteiger partial charge in [-0.1, -0.05) is 0 Å². The van der Waals surface area contributed by atoms with Crippen LogP contribution in [0.25, 0.3) is 0 Å². The summed E-state index contributed by atoms with van der Waals surface area (Å²) in [6.07, 6.45) is 3.10. The number of furan rings is 1. The van der Waals surface area contributed by atoms with Crippen LogP contribution in [0.5, 0.6) is 0 Å². The molecular formula is C9H9N3O2. The summed E-state index contributed by atoms with van der Waals surface area (Å²) < 4.78 is 5.06. The van der Waals surface area contributed by atoms with E-state index in [0.717, 1.165) is 5.76 Å². The van der Waals surface area contributed by atoms with Crippen LogP contribution in [0.3, 0.4) is 0 Å². The van der Waals surface area contributed by atoms with Gasteiger partial charge in [0.05, 0.1) is 12.8 Å². The Labute approximate surface area is 80.1 Å². The lowest BCUT2D eigenvalue weighted by molar-refractivity contribution is 0.0943. The predicted molar refractivity (Wildman–Crippen MR) is 48.5 cm³/mol. The summed E-state index contributed by atoms with van der Waals surface area (Å²) >= 11 is 0. The highest BCUT2D eigenvalue weighted by Crippen LogP contribution is 1.99. The van der Waals surface area contributed by atoms with Crippen molar-refractivity contribution in [2.75, 3.05) is 0 Å². The highest BCUT2D eigenvalue weighted by atomic mass is 16.3. The van der Waals surface area contributed by atoms with Crippen LogP contribution in [0.4, 0.5) is 0 Å². The Hall–Kier alpha value is -2.04. The summed E-state index contributed by atoms with van der Waals surface area (Å²) in [7, 11) is 0. The van der Waals surface area contributed by atoms with Gasteiger partial charge in [-0.2, -0.15) is 5.10 Å². The standard InChI is InChI=1S/C9H9N3O2/c13-9(8-3-4-11-12-8)10-6-7-2-1-5-14-7/h1-5H,6H2,(H,10,13)(H,11,12). The van der Waals surface area contributed by atoms with Crippen LogP contribution in [0.1, 0.15) is 16.2 Å². The lowest BCUT2D eigenvalue weighted by atomic mass is 10.4. The molecule has 0 atom stereocenters. The van der Waals surface area contributed by atoms with E-state index in [2.05, 4.69) is 15.5 Å². The number of nitrogens with one attached hydrogen (secondary N) is 2. The monoisotopic (exact) mass is 191 g/mol. The van der Waals surface area contributed by atoms with Crippen LogP contribution in [0, 0.1) is 0 Å². The zero-order valence-electron chi connectivity index (χ0n) is 7.36. The van der Waals surface area contributed by atoms with Crippen LogP contribution in [0.15, 0.2) is 35.1 Å². The summed E-state index contributed by atoms with van der Waals surface area (Å²) in [6.45, 7) is 0.380. The maximum Gasteiger partial charge on any atom is 0.269 e. The average Bonchev–Trinajstić information content (AvgIpc) is 2.87. The Morgan fingerprint density at radius 1 is 1.57 bits per heavy atom. The molecule has 0 bridgehead atoms. The molecule has 0 fully saturated rings.